The number of carbonyl (C=O) groups is 1. The van der Waals surface area contributed by atoms with Crippen molar-refractivity contribution in [3.8, 4) is 17.2 Å². The molecular formula is C24H20O4. The molecular weight excluding hydrogens is 352 g/mol. The highest BCUT2D eigenvalue weighted by molar-refractivity contribution is 6.07. The predicted molar refractivity (Wildman–Crippen MR) is 108 cm³/mol. The van der Waals surface area contributed by atoms with Gasteiger partial charge in [0.15, 0.2) is 17.3 Å². The van der Waals surface area contributed by atoms with Gasteiger partial charge < -0.3 is 14.2 Å². The fraction of sp³-hybridized carbons (Fsp3) is 0.125. The van der Waals surface area contributed by atoms with Crippen LogP contribution in [0.1, 0.15) is 21.5 Å². The molecule has 4 heteroatoms. The Balaban J connectivity index is 1.47. The van der Waals surface area contributed by atoms with E-state index >= 15 is 0 Å². The number of hydrogen-bond acceptors (Lipinski definition) is 4. The topological polar surface area (TPSA) is 44.8 Å². The van der Waals surface area contributed by atoms with Gasteiger partial charge in [0.1, 0.15) is 25.6 Å². The highest BCUT2D eigenvalue weighted by Gasteiger charge is 2.13. The monoisotopic (exact) mass is 372 g/mol. The number of ether oxygens (including phenoxy) is 3. The standard InChI is InChI=1S/C24H20O4/c25-21(20-11-13-23-24(16-20)27-15-14-26-23)12-10-19-8-4-5-9-22(19)28-17-18-6-2-1-3-7-18/h1-13,16H,14-15,17H2/b12-10+. The Labute approximate surface area is 164 Å². The summed E-state index contributed by atoms with van der Waals surface area (Å²) in [6.07, 6.45) is 3.33. The maximum atomic E-state index is 12.6. The number of ketones is 1. The second-order valence-electron chi connectivity index (χ2n) is 6.37. The number of allylic oxidation sites excluding steroid dienone is 1. The van der Waals surface area contributed by atoms with Crippen molar-refractivity contribution in [1.82, 2.24) is 0 Å². The summed E-state index contributed by atoms with van der Waals surface area (Å²) in [6, 6.07) is 22.9. The van der Waals surface area contributed by atoms with Gasteiger partial charge in [0, 0.05) is 11.1 Å². The normalized spacial score (nSPS) is 12.7. The Morgan fingerprint density at radius 3 is 2.50 bits per heavy atom. The van der Waals surface area contributed by atoms with Crippen LogP contribution in [0.15, 0.2) is 78.9 Å². The van der Waals surface area contributed by atoms with Crippen LogP contribution < -0.4 is 14.2 Å². The molecule has 0 bridgehead atoms. The minimum atomic E-state index is -0.102. The first kappa shape index (κ1) is 17.9. The number of benzene rings is 3. The van der Waals surface area contributed by atoms with E-state index in [2.05, 4.69) is 0 Å². The maximum absolute atomic E-state index is 12.6. The van der Waals surface area contributed by atoms with Crippen LogP contribution in [-0.2, 0) is 6.61 Å². The van der Waals surface area contributed by atoms with Crippen molar-refractivity contribution < 1.29 is 19.0 Å². The number of hydrogen-bond donors (Lipinski definition) is 0. The molecule has 28 heavy (non-hydrogen) atoms. The largest absolute Gasteiger partial charge is 0.488 e. The molecule has 1 aliphatic heterocycles. The van der Waals surface area contributed by atoms with Gasteiger partial charge in [0.25, 0.3) is 0 Å². The quantitative estimate of drug-likeness (QED) is 0.454. The van der Waals surface area contributed by atoms with Crippen LogP contribution >= 0.6 is 0 Å². The Kier molecular flexibility index (Phi) is 5.38. The Hall–Kier alpha value is -3.53. The molecule has 0 spiro atoms. The average molecular weight is 372 g/mol. The zero-order chi connectivity index (χ0) is 19.2. The molecule has 3 aromatic rings. The van der Waals surface area contributed by atoms with Gasteiger partial charge in [0.05, 0.1) is 0 Å². The van der Waals surface area contributed by atoms with Crippen molar-refractivity contribution in [2.45, 2.75) is 6.61 Å². The molecule has 4 nitrogen and oxygen atoms in total. The van der Waals surface area contributed by atoms with E-state index in [1.807, 2.05) is 54.6 Å². The van der Waals surface area contributed by atoms with E-state index in [4.69, 9.17) is 14.2 Å². The first-order valence-corrected chi connectivity index (χ1v) is 9.17. The van der Waals surface area contributed by atoms with Gasteiger partial charge >= 0.3 is 0 Å². The summed E-state index contributed by atoms with van der Waals surface area (Å²) in [5, 5.41) is 0. The lowest BCUT2D eigenvalue weighted by Gasteiger charge is -2.18. The molecule has 140 valence electrons. The number of fused-ring (bicyclic) bond motifs is 1. The molecule has 0 unspecified atom stereocenters. The zero-order valence-electron chi connectivity index (χ0n) is 15.3. The SMILES string of the molecule is O=C(/C=C/c1ccccc1OCc1ccccc1)c1ccc2c(c1)OCCO2. The molecule has 0 radical (unpaired) electrons. The average Bonchev–Trinajstić information content (AvgIpc) is 2.77. The first-order valence-electron chi connectivity index (χ1n) is 9.17. The number of rotatable bonds is 6. The zero-order valence-corrected chi connectivity index (χ0v) is 15.3. The molecule has 0 atom stereocenters. The van der Waals surface area contributed by atoms with Gasteiger partial charge in [-0.2, -0.15) is 0 Å². The van der Waals surface area contributed by atoms with Crippen LogP contribution in [0.4, 0.5) is 0 Å². The smallest absolute Gasteiger partial charge is 0.185 e. The summed E-state index contributed by atoms with van der Waals surface area (Å²) in [6.45, 7) is 1.49. The van der Waals surface area contributed by atoms with Crippen LogP contribution in [0.3, 0.4) is 0 Å². The van der Waals surface area contributed by atoms with Crippen LogP contribution in [0.2, 0.25) is 0 Å². The molecule has 1 aliphatic rings. The van der Waals surface area contributed by atoms with Crippen LogP contribution in [0.5, 0.6) is 17.2 Å². The Bertz CT molecular complexity index is 992. The van der Waals surface area contributed by atoms with E-state index in [1.54, 1.807) is 30.4 Å². The molecule has 0 N–H and O–H groups in total. The van der Waals surface area contributed by atoms with Crippen LogP contribution in [0.25, 0.3) is 6.08 Å². The van der Waals surface area contributed by atoms with Crippen molar-refractivity contribution in [2.24, 2.45) is 0 Å². The highest BCUT2D eigenvalue weighted by atomic mass is 16.6. The highest BCUT2D eigenvalue weighted by Crippen LogP contribution is 2.31. The summed E-state index contributed by atoms with van der Waals surface area (Å²) in [5.41, 5.74) is 2.50. The van der Waals surface area contributed by atoms with E-state index in [9.17, 15) is 4.79 Å². The van der Waals surface area contributed by atoms with E-state index in [0.29, 0.717) is 36.9 Å². The lowest BCUT2D eigenvalue weighted by Crippen LogP contribution is -2.15. The van der Waals surface area contributed by atoms with Crippen molar-refractivity contribution in [1.29, 1.82) is 0 Å². The fourth-order valence-corrected chi connectivity index (χ4v) is 2.94. The summed E-state index contributed by atoms with van der Waals surface area (Å²) in [4.78, 5) is 12.6. The van der Waals surface area contributed by atoms with Gasteiger partial charge in [0.2, 0.25) is 0 Å². The predicted octanol–water partition coefficient (Wildman–Crippen LogP) is 4.93. The second-order valence-corrected chi connectivity index (χ2v) is 6.37. The van der Waals surface area contributed by atoms with Crippen LogP contribution in [0, 0.1) is 0 Å². The minimum absolute atomic E-state index is 0.102. The van der Waals surface area contributed by atoms with Crippen LogP contribution in [-0.4, -0.2) is 19.0 Å². The van der Waals surface area contributed by atoms with Crippen molar-refractivity contribution in [3.63, 3.8) is 0 Å². The van der Waals surface area contributed by atoms with Crippen molar-refractivity contribution in [3.05, 3.63) is 95.6 Å². The molecule has 1 heterocycles. The first-order chi connectivity index (χ1) is 13.8. The van der Waals surface area contributed by atoms with Crippen molar-refractivity contribution >= 4 is 11.9 Å². The molecule has 4 rings (SSSR count). The van der Waals surface area contributed by atoms with Gasteiger partial charge in [-0.3, -0.25) is 4.79 Å². The molecule has 0 amide bonds. The van der Waals surface area contributed by atoms with Gasteiger partial charge in [-0.25, -0.2) is 0 Å². The molecule has 0 fully saturated rings. The second kappa shape index (κ2) is 8.44. The molecule has 0 saturated heterocycles. The lowest BCUT2D eigenvalue weighted by molar-refractivity contribution is 0.104. The molecule has 3 aromatic carbocycles. The third kappa shape index (κ3) is 4.23. The lowest BCUT2D eigenvalue weighted by atomic mass is 10.1. The molecule has 0 saturated carbocycles. The number of carbonyl (C=O) groups excluding carboxylic acids is 1. The Morgan fingerprint density at radius 1 is 0.893 bits per heavy atom. The summed E-state index contributed by atoms with van der Waals surface area (Å²) < 4.78 is 17.0. The van der Waals surface area contributed by atoms with E-state index in [1.165, 1.54) is 0 Å². The fourth-order valence-electron chi connectivity index (χ4n) is 2.94. The third-order valence-electron chi connectivity index (χ3n) is 4.40. The summed E-state index contributed by atoms with van der Waals surface area (Å²) in [7, 11) is 0. The van der Waals surface area contributed by atoms with E-state index in [-0.39, 0.29) is 5.78 Å². The van der Waals surface area contributed by atoms with E-state index < -0.39 is 0 Å². The minimum Gasteiger partial charge on any atom is -0.488 e. The maximum Gasteiger partial charge on any atom is 0.185 e. The van der Waals surface area contributed by atoms with Gasteiger partial charge in [-0.15, -0.1) is 0 Å². The van der Waals surface area contributed by atoms with E-state index in [0.717, 1.165) is 16.9 Å². The molecule has 0 aromatic heterocycles. The van der Waals surface area contributed by atoms with Crippen molar-refractivity contribution in [2.75, 3.05) is 13.2 Å². The van der Waals surface area contributed by atoms with Gasteiger partial charge in [-0.1, -0.05) is 48.5 Å². The summed E-state index contributed by atoms with van der Waals surface area (Å²) in [5.74, 6) is 1.91. The third-order valence-corrected chi connectivity index (χ3v) is 4.40. The Morgan fingerprint density at radius 2 is 1.64 bits per heavy atom. The van der Waals surface area contributed by atoms with Gasteiger partial charge in [-0.05, 0) is 42.0 Å². The molecule has 0 aliphatic carbocycles. The number of para-hydroxylation sites is 1. The summed E-state index contributed by atoms with van der Waals surface area (Å²) >= 11 is 0.